The average Bonchev–Trinajstić information content (AvgIpc) is 2.32. The van der Waals surface area contributed by atoms with Crippen molar-refractivity contribution in [3.63, 3.8) is 0 Å². The van der Waals surface area contributed by atoms with Gasteiger partial charge >= 0.3 is 0 Å². The molecule has 2 heteroatoms. The van der Waals surface area contributed by atoms with Crippen molar-refractivity contribution in [2.45, 2.75) is 60.2 Å². The van der Waals surface area contributed by atoms with Gasteiger partial charge in [-0.05, 0) is 58.2 Å². The Morgan fingerprint density at radius 3 is 2.16 bits per heavy atom. The second-order valence-corrected chi connectivity index (χ2v) is 6.02. The van der Waals surface area contributed by atoms with Crippen LogP contribution in [0, 0.1) is 13.8 Å². The van der Waals surface area contributed by atoms with Crippen molar-refractivity contribution in [1.29, 1.82) is 0 Å². The first-order valence-electron chi connectivity index (χ1n) is 7.44. The highest BCUT2D eigenvalue weighted by Gasteiger charge is 2.11. The third-order valence-corrected chi connectivity index (χ3v) is 3.77. The van der Waals surface area contributed by atoms with Crippen molar-refractivity contribution < 1.29 is 0 Å². The summed E-state index contributed by atoms with van der Waals surface area (Å²) in [6.45, 7) is 16.5. The Hall–Kier alpha value is -0.860. The molecule has 1 aromatic carbocycles. The highest BCUT2D eigenvalue weighted by Crippen LogP contribution is 2.09. The molecule has 0 unspecified atom stereocenters. The Morgan fingerprint density at radius 2 is 1.63 bits per heavy atom. The zero-order valence-corrected chi connectivity index (χ0v) is 13.5. The predicted octanol–water partition coefficient (Wildman–Crippen LogP) is 3.51. The summed E-state index contributed by atoms with van der Waals surface area (Å²) in [4.78, 5) is 2.52. The van der Waals surface area contributed by atoms with E-state index in [0.29, 0.717) is 12.1 Å². The normalized spacial score (nSPS) is 11.8. The van der Waals surface area contributed by atoms with Crippen LogP contribution in [-0.2, 0) is 6.54 Å². The maximum absolute atomic E-state index is 3.55. The lowest BCUT2D eigenvalue weighted by atomic mass is 10.1. The van der Waals surface area contributed by atoms with E-state index in [1.54, 1.807) is 0 Å². The molecule has 1 N–H and O–H groups in total. The zero-order chi connectivity index (χ0) is 14.4. The Kier molecular flexibility index (Phi) is 6.53. The number of benzene rings is 1. The molecule has 0 aromatic heterocycles. The fourth-order valence-corrected chi connectivity index (χ4v) is 2.47. The van der Waals surface area contributed by atoms with Crippen molar-refractivity contribution in [2.24, 2.45) is 0 Å². The van der Waals surface area contributed by atoms with Crippen LogP contribution >= 0.6 is 0 Å². The van der Waals surface area contributed by atoms with Gasteiger partial charge < -0.3 is 5.32 Å². The molecule has 0 spiro atoms. The van der Waals surface area contributed by atoms with Gasteiger partial charge in [0, 0.05) is 31.7 Å². The molecule has 1 aromatic rings. The number of nitrogens with one attached hydrogen (secondary N) is 1. The van der Waals surface area contributed by atoms with Crippen LogP contribution in [0.5, 0.6) is 0 Å². The molecule has 0 aliphatic rings. The van der Waals surface area contributed by atoms with E-state index in [0.717, 1.165) is 19.6 Å². The SMILES string of the molecule is Cc1ccc(CNCCN(C(C)C)C(C)C)cc1C. The molecule has 0 aliphatic heterocycles. The van der Waals surface area contributed by atoms with Gasteiger partial charge in [0.05, 0.1) is 0 Å². The quantitative estimate of drug-likeness (QED) is 0.757. The van der Waals surface area contributed by atoms with E-state index in [9.17, 15) is 0 Å². The van der Waals surface area contributed by atoms with E-state index < -0.39 is 0 Å². The maximum atomic E-state index is 3.55. The Balaban J connectivity index is 2.36. The first kappa shape index (κ1) is 16.2. The molecule has 0 bridgehead atoms. The highest BCUT2D eigenvalue weighted by molar-refractivity contribution is 5.29. The van der Waals surface area contributed by atoms with Gasteiger partial charge in [-0.25, -0.2) is 0 Å². The highest BCUT2D eigenvalue weighted by atomic mass is 15.2. The summed E-state index contributed by atoms with van der Waals surface area (Å²) in [6.07, 6.45) is 0. The van der Waals surface area contributed by atoms with Crippen LogP contribution in [-0.4, -0.2) is 30.1 Å². The molecular formula is C17H30N2. The number of aryl methyl sites for hydroxylation is 2. The number of nitrogens with zero attached hydrogens (tertiary/aromatic N) is 1. The molecule has 0 amide bonds. The number of hydrogen-bond acceptors (Lipinski definition) is 2. The second kappa shape index (κ2) is 7.66. The molecule has 2 nitrogen and oxygen atoms in total. The van der Waals surface area contributed by atoms with Crippen LogP contribution in [0.2, 0.25) is 0 Å². The van der Waals surface area contributed by atoms with Gasteiger partial charge in [0.2, 0.25) is 0 Å². The third kappa shape index (κ3) is 5.33. The first-order chi connectivity index (χ1) is 8.91. The number of hydrogen-bond donors (Lipinski definition) is 1. The predicted molar refractivity (Wildman–Crippen MR) is 84.6 cm³/mol. The van der Waals surface area contributed by atoms with E-state index in [4.69, 9.17) is 0 Å². The molecule has 0 saturated carbocycles. The lowest BCUT2D eigenvalue weighted by Crippen LogP contribution is -2.41. The zero-order valence-electron chi connectivity index (χ0n) is 13.5. The van der Waals surface area contributed by atoms with Crippen molar-refractivity contribution in [2.75, 3.05) is 13.1 Å². The minimum Gasteiger partial charge on any atom is -0.311 e. The van der Waals surface area contributed by atoms with Gasteiger partial charge in [-0.2, -0.15) is 0 Å². The molecule has 0 heterocycles. The van der Waals surface area contributed by atoms with E-state index >= 15 is 0 Å². The fourth-order valence-electron chi connectivity index (χ4n) is 2.47. The standard InChI is InChI=1S/C17H30N2/c1-13(2)19(14(3)4)10-9-18-12-17-8-7-15(5)16(6)11-17/h7-8,11,13-14,18H,9-10,12H2,1-6H3. The minimum absolute atomic E-state index is 0.614. The van der Waals surface area contributed by atoms with Gasteiger partial charge in [-0.15, -0.1) is 0 Å². The molecule has 0 atom stereocenters. The first-order valence-corrected chi connectivity index (χ1v) is 7.44. The van der Waals surface area contributed by atoms with Crippen LogP contribution in [0.15, 0.2) is 18.2 Å². The average molecular weight is 262 g/mol. The Labute approximate surface area is 119 Å². The third-order valence-electron chi connectivity index (χ3n) is 3.77. The molecule has 1 rings (SSSR count). The van der Waals surface area contributed by atoms with Gasteiger partial charge in [0.15, 0.2) is 0 Å². The largest absolute Gasteiger partial charge is 0.311 e. The molecule has 108 valence electrons. The van der Waals surface area contributed by atoms with E-state index in [2.05, 4.69) is 70.0 Å². The van der Waals surface area contributed by atoms with Crippen LogP contribution < -0.4 is 5.32 Å². The summed E-state index contributed by atoms with van der Waals surface area (Å²) in [7, 11) is 0. The van der Waals surface area contributed by atoms with Crippen LogP contribution in [0.25, 0.3) is 0 Å². The van der Waals surface area contributed by atoms with Crippen LogP contribution in [0.1, 0.15) is 44.4 Å². The smallest absolute Gasteiger partial charge is 0.0206 e. The van der Waals surface area contributed by atoms with Crippen molar-refractivity contribution in [1.82, 2.24) is 10.2 Å². The lowest BCUT2D eigenvalue weighted by Gasteiger charge is -2.30. The molecule has 19 heavy (non-hydrogen) atoms. The second-order valence-electron chi connectivity index (χ2n) is 6.02. The summed E-state index contributed by atoms with van der Waals surface area (Å²) in [6, 6.07) is 7.94. The monoisotopic (exact) mass is 262 g/mol. The van der Waals surface area contributed by atoms with Crippen molar-refractivity contribution >= 4 is 0 Å². The van der Waals surface area contributed by atoms with Crippen molar-refractivity contribution in [3.05, 3.63) is 34.9 Å². The van der Waals surface area contributed by atoms with Gasteiger partial charge in [-0.1, -0.05) is 18.2 Å². The Morgan fingerprint density at radius 1 is 1.00 bits per heavy atom. The van der Waals surface area contributed by atoms with Crippen molar-refractivity contribution in [3.8, 4) is 0 Å². The Bertz CT molecular complexity index is 375. The van der Waals surface area contributed by atoms with Crippen LogP contribution in [0.4, 0.5) is 0 Å². The topological polar surface area (TPSA) is 15.3 Å². The number of rotatable bonds is 7. The molecule has 0 aliphatic carbocycles. The summed E-state index contributed by atoms with van der Waals surface area (Å²) in [5.41, 5.74) is 4.13. The van der Waals surface area contributed by atoms with E-state index in [-0.39, 0.29) is 0 Å². The lowest BCUT2D eigenvalue weighted by molar-refractivity contribution is 0.176. The summed E-state index contributed by atoms with van der Waals surface area (Å²) in [5.74, 6) is 0. The van der Waals surface area contributed by atoms with Crippen LogP contribution in [0.3, 0.4) is 0 Å². The summed E-state index contributed by atoms with van der Waals surface area (Å²) >= 11 is 0. The summed E-state index contributed by atoms with van der Waals surface area (Å²) < 4.78 is 0. The van der Waals surface area contributed by atoms with E-state index in [1.807, 2.05) is 0 Å². The molecule has 0 fully saturated rings. The van der Waals surface area contributed by atoms with Gasteiger partial charge in [-0.3, -0.25) is 4.90 Å². The molecule has 0 saturated heterocycles. The fraction of sp³-hybridized carbons (Fsp3) is 0.647. The molecular weight excluding hydrogens is 232 g/mol. The maximum Gasteiger partial charge on any atom is 0.0206 e. The minimum atomic E-state index is 0.614. The van der Waals surface area contributed by atoms with E-state index in [1.165, 1.54) is 16.7 Å². The molecule has 0 radical (unpaired) electrons. The summed E-state index contributed by atoms with van der Waals surface area (Å²) in [5, 5.41) is 3.55. The van der Waals surface area contributed by atoms with Gasteiger partial charge in [0.25, 0.3) is 0 Å². The van der Waals surface area contributed by atoms with Gasteiger partial charge in [0.1, 0.15) is 0 Å².